The summed E-state index contributed by atoms with van der Waals surface area (Å²) in [6, 6.07) is 12.4. The highest BCUT2D eigenvalue weighted by Gasteiger charge is 2.10. The van der Waals surface area contributed by atoms with Crippen LogP contribution in [-0.4, -0.2) is 44.0 Å². The molecule has 0 aliphatic heterocycles. The van der Waals surface area contributed by atoms with Crippen molar-refractivity contribution in [2.45, 2.75) is 6.92 Å². The SMILES string of the molecule is COC(=O)c1ccc(NC(=O)COC(=O)COc2ccc(C(C)=O)cc2)cc1. The summed E-state index contributed by atoms with van der Waals surface area (Å²) in [5.74, 6) is -1.41. The van der Waals surface area contributed by atoms with Crippen molar-refractivity contribution < 1.29 is 33.4 Å². The van der Waals surface area contributed by atoms with Crippen LogP contribution in [0.2, 0.25) is 0 Å². The second-order valence-electron chi connectivity index (χ2n) is 5.65. The number of amides is 1. The zero-order chi connectivity index (χ0) is 20.5. The van der Waals surface area contributed by atoms with Gasteiger partial charge in [-0.2, -0.15) is 0 Å². The van der Waals surface area contributed by atoms with Crippen LogP contribution in [0.1, 0.15) is 27.6 Å². The van der Waals surface area contributed by atoms with E-state index in [1.165, 1.54) is 38.3 Å². The minimum absolute atomic E-state index is 0.0723. The highest BCUT2D eigenvalue weighted by atomic mass is 16.6. The topological polar surface area (TPSA) is 108 Å². The van der Waals surface area contributed by atoms with E-state index in [2.05, 4.69) is 10.1 Å². The van der Waals surface area contributed by atoms with Gasteiger partial charge in [-0.05, 0) is 55.5 Å². The molecule has 1 N–H and O–H groups in total. The molecule has 146 valence electrons. The van der Waals surface area contributed by atoms with E-state index in [1.54, 1.807) is 24.3 Å². The van der Waals surface area contributed by atoms with Crippen molar-refractivity contribution >= 4 is 29.3 Å². The van der Waals surface area contributed by atoms with Crippen molar-refractivity contribution in [3.8, 4) is 5.75 Å². The number of benzene rings is 2. The third-order valence-electron chi connectivity index (χ3n) is 3.57. The van der Waals surface area contributed by atoms with Gasteiger partial charge in [0.15, 0.2) is 19.0 Å². The fourth-order valence-corrected chi connectivity index (χ4v) is 2.12. The zero-order valence-electron chi connectivity index (χ0n) is 15.4. The number of Topliss-reactive ketones (excluding diaryl/α,β-unsaturated/α-hetero) is 1. The van der Waals surface area contributed by atoms with Gasteiger partial charge in [0.1, 0.15) is 5.75 Å². The normalized spacial score (nSPS) is 9.93. The Morgan fingerprint density at radius 3 is 2.04 bits per heavy atom. The minimum Gasteiger partial charge on any atom is -0.482 e. The van der Waals surface area contributed by atoms with Crippen molar-refractivity contribution in [2.24, 2.45) is 0 Å². The Morgan fingerprint density at radius 2 is 1.46 bits per heavy atom. The highest BCUT2D eigenvalue weighted by molar-refractivity contribution is 5.95. The molecular formula is C20H19NO7. The van der Waals surface area contributed by atoms with E-state index in [-0.39, 0.29) is 12.4 Å². The molecule has 2 aromatic carbocycles. The number of esters is 2. The molecule has 0 heterocycles. The molecule has 8 nitrogen and oxygen atoms in total. The molecule has 8 heteroatoms. The Labute approximate surface area is 161 Å². The van der Waals surface area contributed by atoms with Gasteiger partial charge in [0, 0.05) is 11.3 Å². The Balaban J connectivity index is 1.73. The van der Waals surface area contributed by atoms with E-state index in [0.29, 0.717) is 22.6 Å². The number of hydrogen-bond donors (Lipinski definition) is 1. The standard InChI is InChI=1S/C20H19NO7/c1-13(22)14-5-9-17(10-6-14)27-12-19(24)28-11-18(23)21-16-7-3-15(4-8-16)20(25)26-2/h3-10H,11-12H2,1-2H3,(H,21,23). The summed E-state index contributed by atoms with van der Waals surface area (Å²) in [5, 5.41) is 2.53. The molecule has 0 saturated heterocycles. The molecule has 2 aromatic rings. The summed E-state index contributed by atoms with van der Waals surface area (Å²) in [7, 11) is 1.28. The fraction of sp³-hybridized carbons (Fsp3) is 0.200. The van der Waals surface area contributed by atoms with Crippen LogP contribution in [-0.2, 0) is 19.1 Å². The Morgan fingerprint density at radius 1 is 0.857 bits per heavy atom. The Bertz CT molecular complexity index is 857. The lowest BCUT2D eigenvalue weighted by atomic mass is 10.1. The molecule has 0 fully saturated rings. The van der Waals surface area contributed by atoms with E-state index in [0.717, 1.165) is 0 Å². The molecule has 0 aliphatic rings. The predicted octanol–water partition coefficient (Wildman–Crippen LogP) is 2.24. The lowest BCUT2D eigenvalue weighted by Crippen LogP contribution is -2.23. The van der Waals surface area contributed by atoms with Crippen LogP contribution < -0.4 is 10.1 Å². The molecule has 0 aliphatic carbocycles. The second kappa shape index (κ2) is 9.86. The first-order chi connectivity index (χ1) is 13.4. The van der Waals surface area contributed by atoms with Gasteiger partial charge in [0.25, 0.3) is 5.91 Å². The van der Waals surface area contributed by atoms with Crippen molar-refractivity contribution in [2.75, 3.05) is 25.6 Å². The van der Waals surface area contributed by atoms with Crippen molar-refractivity contribution in [3.05, 3.63) is 59.7 Å². The number of carbonyl (C=O) groups is 4. The Kier molecular flexibility index (Phi) is 7.27. The summed E-state index contributed by atoms with van der Waals surface area (Å²) in [6.45, 7) is 0.594. The Hall–Kier alpha value is -3.68. The maximum absolute atomic E-state index is 11.8. The highest BCUT2D eigenvalue weighted by Crippen LogP contribution is 2.13. The first kappa shape index (κ1) is 20.6. The molecule has 28 heavy (non-hydrogen) atoms. The largest absolute Gasteiger partial charge is 0.482 e. The molecule has 0 spiro atoms. The zero-order valence-corrected chi connectivity index (χ0v) is 15.4. The fourth-order valence-electron chi connectivity index (χ4n) is 2.12. The van der Waals surface area contributed by atoms with Crippen molar-refractivity contribution in [1.82, 2.24) is 0 Å². The van der Waals surface area contributed by atoms with Crippen LogP contribution in [0.5, 0.6) is 5.75 Å². The van der Waals surface area contributed by atoms with Gasteiger partial charge in [0.2, 0.25) is 0 Å². The number of rotatable bonds is 8. The van der Waals surface area contributed by atoms with Gasteiger partial charge in [-0.1, -0.05) is 0 Å². The number of methoxy groups -OCH3 is 1. The molecule has 2 rings (SSSR count). The van der Waals surface area contributed by atoms with E-state index in [9.17, 15) is 19.2 Å². The summed E-state index contributed by atoms with van der Waals surface area (Å²) in [5.41, 5.74) is 1.32. The number of carbonyl (C=O) groups excluding carboxylic acids is 4. The van der Waals surface area contributed by atoms with E-state index in [1.807, 2.05) is 0 Å². The second-order valence-corrected chi connectivity index (χ2v) is 5.65. The summed E-state index contributed by atoms with van der Waals surface area (Å²) >= 11 is 0. The van der Waals surface area contributed by atoms with Crippen LogP contribution >= 0.6 is 0 Å². The number of hydrogen-bond acceptors (Lipinski definition) is 7. The van der Waals surface area contributed by atoms with Crippen LogP contribution in [0.4, 0.5) is 5.69 Å². The summed E-state index contributed by atoms with van der Waals surface area (Å²) in [4.78, 5) is 46.0. The molecule has 0 unspecified atom stereocenters. The number of ether oxygens (including phenoxy) is 3. The van der Waals surface area contributed by atoms with Gasteiger partial charge in [-0.3, -0.25) is 9.59 Å². The minimum atomic E-state index is -0.716. The number of nitrogens with one attached hydrogen (secondary N) is 1. The lowest BCUT2D eigenvalue weighted by molar-refractivity contribution is -0.149. The van der Waals surface area contributed by atoms with Gasteiger partial charge >= 0.3 is 11.9 Å². The van der Waals surface area contributed by atoms with Crippen molar-refractivity contribution in [3.63, 3.8) is 0 Å². The van der Waals surface area contributed by atoms with Crippen LogP contribution in [0.25, 0.3) is 0 Å². The average Bonchev–Trinajstić information content (AvgIpc) is 2.71. The molecule has 0 bridgehead atoms. The number of ketones is 1. The predicted molar refractivity (Wildman–Crippen MR) is 99.3 cm³/mol. The first-order valence-electron chi connectivity index (χ1n) is 8.26. The quantitative estimate of drug-likeness (QED) is 0.548. The van der Waals surface area contributed by atoms with Gasteiger partial charge in [-0.15, -0.1) is 0 Å². The lowest BCUT2D eigenvalue weighted by Gasteiger charge is -2.08. The third-order valence-corrected chi connectivity index (χ3v) is 3.57. The monoisotopic (exact) mass is 385 g/mol. The van der Waals surface area contributed by atoms with Gasteiger partial charge in [-0.25, -0.2) is 9.59 Å². The van der Waals surface area contributed by atoms with E-state index < -0.39 is 24.5 Å². The summed E-state index contributed by atoms with van der Waals surface area (Å²) in [6.07, 6.45) is 0. The summed E-state index contributed by atoms with van der Waals surface area (Å²) < 4.78 is 14.7. The smallest absolute Gasteiger partial charge is 0.344 e. The van der Waals surface area contributed by atoms with E-state index >= 15 is 0 Å². The third kappa shape index (κ3) is 6.24. The van der Waals surface area contributed by atoms with Crippen LogP contribution in [0.3, 0.4) is 0 Å². The van der Waals surface area contributed by atoms with Crippen LogP contribution in [0.15, 0.2) is 48.5 Å². The van der Waals surface area contributed by atoms with Crippen LogP contribution in [0, 0.1) is 0 Å². The molecule has 0 radical (unpaired) electrons. The maximum Gasteiger partial charge on any atom is 0.344 e. The maximum atomic E-state index is 11.8. The molecule has 1 amide bonds. The van der Waals surface area contributed by atoms with Gasteiger partial charge in [0.05, 0.1) is 12.7 Å². The number of anilines is 1. The van der Waals surface area contributed by atoms with E-state index in [4.69, 9.17) is 9.47 Å². The first-order valence-corrected chi connectivity index (χ1v) is 8.26. The molecule has 0 aromatic heterocycles. The average molecular weight is 385 g/mol. The molecule has 0 atom stereocenters. The molecule has 0 saturated carbocycles. The van der Waals surface area contributed by atoms with Crippen molar-refractivity contribution in [1.29, 1.82) is 0 Å². The molecular weight excluding hydrogens is 366 g/mol. The van der Waals surface area contributed by atoms with Gasteiger partial charge < -0.3 is 19.5 Å².